The Hall–Kier alpha value is -2.15. The molecule has 7 nitrogen and oxygen atoms in total. The lowest BCUT2D eigenvalue weighted by Crippen LogP contribution is -2.60. The number of piperidine rings is 4. The van der Waals surface area contributed by atoms with E-state index in [1.807, 2.05) is 12.1 Å². The fraction of sp³-hybridized carbons (Fsp3) is 0.708. The Bertz CT molecular complexity index is 809. The van der Waals surface area contributed by atoms with Gasteiger partial charge in [-0.1, -0.05) is 6.42 Å². The molecule has 5 rings (SSSR count). The largest absolute Gasteiger partial charge is 0.355 e. The predicted octanol–water partition coefficient (Wildman–Crippen LogP) is 2.13. The number of likely N-dealkylation sites (tertiary alicyclic amines) is 1. The van der Waals surface area contributed by atoms with Crippen LogP contribution in [0.15, 0.2) is 18.3 Å². The van der Waals surface area contributed by atoms with Crippen LogP contribution < -0.4 is 10.2 Å². The Labute approximate surface area is 185 Å². The van der Waals surface area contributed by atoms with Gasteiger partial charge in [0.2, 0.25) is 5.91 Å². The maximum absolute atomic E-state index is 13.0. The van der Waals surface area contributed by atoms with E-state index < -0.39 is 0 Å². The van der Waals surface area contributed by atoms with Gasteiger partial charge in [-0.2, -0.15) is 0 Å². The minimum Gasteiger partial charge on any atom is -0.355 e. The van der Waals surface area contributed by atoms with Crippen LogP contribution in [0.25, 0.3) is 0 Å². The molecular formula is C24H35N5O2. The van der Waals surface area contributed by atoms with Crippen LogP contribution in [0.4, 0.5) is 5.82 Å². The number of pyridine rings is 1. The van der Waals surface area contributed by atoms with Crippen molar-refractivity contribution in [3.8, 4) is 0 Å². The van der Waals surface area contributed by atoms with Gasteiger partial charge in [0.05, 0.1) is 5.56 Å². The highest BCUT2D eigenvalue weighted by molar-refractivity contribution is 5.98. The van der Waals surface area contributed by atoms with Gasteiger partial charge in [-0.15, -0.1) is 0 Å². The number of nitrogens with zero attached hydrogens (tertiary/aromatic N) is 4. The third kappa shape index (κ3) is 4.43. The molecule has 1 N–H and O–H groups in total. The Morgan fingerprint density at radius 2 is 2.00 bits per heavy atom. The SMILES string of the molecule is O=C(NCCN1CCCCC1)c1cccnc1N1C[C@H]2C[C@H](C1)[C@H]1CCCC(=O)N1C2. The van der Waals surface area contributed by atoms with E-state index in [0.29, 0.717) is 42.3 Å². The quantitative estimate of drug-likeness (QED) is 0.783. The van der Waals surface area contributed by atoms with E-state index in [9.17, 15) is 9.59 Å². The standard InChI is InChI=1S/C24H35N5O2/c30-22-8-4-7-21-19-14-18(16-29(21)22)15-28(17-19)23-20(6-5-9-25-23)24(31)26-10-13-27-11-2-1-3-12-27/h5-6,9,18-19,21H,1-4,7-8,10-17H2,(H,26,31)/t18-,19-,21-/m1/s1. The first-order chi connectivity index (χ1) is 15.2. The van der Waals surface area contributed by atoms with Gasteiger partial charge in [0.15, 0.2) is 0 Å². The van der Waals surface area contributed by atoms with Crippen LogP contribution in [0.5, 0.6) is 0 Å². The average molecular weight is 426 g/mol. The zero-order valence-electron chi connectivity index (χ0n) is 18.5. The Morgan fingerprint density at radius 1 is 1.13 bits per heavy atom. The highest BCUT2D eigenvalue weighted by atomic mass is 16.2. The first-order valence-electron chi connectivity index (χ1n) is 12.2. The van der Waals surface area contributed by atoms with Gasteiger partial charge in [-0.05, 0) is 69.2 Å². The Morgan fingerprint density at radius 3 is 2.87 bits per heavy atom. The van der Waals surface area contributed by atoms with E-state index >= 15 is 0 Å². The van der Waals surface area contributed by atoms with Crippen molar-refractivity contribution in [2.75, 3.05) is 50.7 Å². The number of anilines is 1. The molecule has 2 bridgehead atoms. The van der Waals surface area contributed by atoms with Crippen molar-refractivity contribution >= 4 is 17.6 Å². The summed E-state index contributed by atoms with van der Waals surface area (Å²) in [7, 11) is 0. The van der Waals surface area contributed by atoms with E-state index in [4.69, 9.17) is 0 Å². The van der Waals surface area contributed by atoms with E-state index in [0.717, 1.165) is 57.9 Å². The van der Waals surface area contributed by atoms with Crippen molar-refractivity contribution in [2.45, 2.75) is 51.0 Å². The number of rotatable bonds is 5. The van der Waals surface area contributed by atoms with Crippen LogP contribution in [-0.2, 0) is 4.79 Å². The number of amides is 2. The third-order valence-corrected chi connectivity index (χ3v) is 7.67. The molecule has 2 amide bonds. The highest BCUT2D eigenvalue weighted by Gasteiger charge is 2.44. The number of aromatic nitrogens is 1. The zero-order valence-corrected chi connectivity index (χ0v) is 18.5. The normalized spacial score (nSPS) is 28.9. The number of nitrogens with one attached hydrogen (secondary N) is 1. The first-order valence-corrected chi connectivity index (χ1v) is 12.2. The van der Waals surface area contributed by atoms with Gasteiger partial charge >= 0.3 is 0 Å². The highest BCUT2D eigenvalue weighted by Crippen LogP contribution is 2.39. The zero-order chi connectivity index (χ0) is 21.2. The summed E-state index contributed by atoms with van der Waals surface area (Å²) in [6, 6.07) is 4.13. The first kappa shape index (κ1) is 20.7. The summed E-state index contributed by atoms with van der Waals surface area (Å²) in [5.74, 6) is 2.07. The maximum atomic E-state index is 13.0. The van der Waals surface area contributed by atoms with E-state index in [2.05, 4.69) is 25.0 Å². The maximum Gasteiger partial charge on any atom is 0.255 e. The second-order valence-corrected chi connectivity index (χ2v) is 9.81. The third-order valence-electron chi connectivity index (χ3n) is 7.67. The fourth-order valence-corrected chi connectivity index (χ4v) is 6.21. The van der Waals surface area contributed by atoms with Gasteiger partial charge < -0.3 is 20.0 Å². The Kier molecular flexibility index (Phi) is 6.12. The number of hydrogen-bond acceptors (Lipinski definition) is 5. The smallest absolute Gasteiger partial charge is 0.255 e. The summed E-state index contributed by atoms with van der Waals surface area (Å²) in [5.41, 5.74) is 0.678. The van der Waals surface area contributed by atoms with Crippen LogP contribution in [0.2, 0.25) is 0 Å². The van der Waals surface area contributed by atoms with Crippen molar-refractivity contribution in [1.82, 2.24) is 20.1 Å². The lowest BCUT2D eigenvalue weighted by atomic mass is 9.76. The predicted molar refractivity (Wildman–Crippen MR) is 120 cm³/mol. The molecule has 4 aliphatic heterocycles. The van der Waals surface area contributed by atoms with Gasteiger partial charge in [0, 0.05) is 51.4 Å². The molecule has 0 saturated carbocycles. The summed E-state index contributed by atoms with van der Waals surface area (Å²) in [6.45, 7) is 6.50. The number of carbonyl (C=O) groups excluding carboxylic acids is 2. The number of hydrogen-bond donors (Lipinski definition) is 1. The van der Waals surface area contributed by atoms with Crippen LogP contribution >= 0.6 is 0 Å². The summed E-state index contributed by atoms with van der Waals surface area (Å²) >= 11 is 0. The van der Waals surface area contributed by atoms with Crippen molar-refractivity contribution in [3.63, 3.8) is 0 Å². The molecule has 31 heavy (non-hydrogen) atoms. The van der Waals surface area contributed by atoms with E-state index in [-0.39, 0.29) is 5.91 Å². The molecule has 3 atom stereocenters. The van der Waals surface area contributed by atoms with Crippen LogP contribution in [0.1, 0.15) is 55.3 Å². The number of carbonyl (C=O) groups is 2. The molecule has 0 unspecified atom stereocenters. The van der Waals surface area contributed by atoms with Gasteiger partial charge in [-0.3, -0.25) is 9.59 Å². The minimum absolute atomic E-state index is 0.0229. The lowest BCUT2D eigenvalue weighted by Gasteiger charge is -2.52. The van der Waals surface area contributed by atoms with Crippen molar-refractivity contribution in [1.29, 1.82) is 0 Å². The van der Waals surface area contributed by atoms with E-state index in [1.165, 1.54) is 25.7 Å². The second-order valence-electron chi connectivity index (χ2n) is 9.81. The minimum atomic E-state index is -0.0229. The average Bonchev–Trinajstić information content (AvgIpc) is 2.80. The van der Waals surface area contributed by atoms with Crippen molar-refractivity contribution in [2.24, 2.45) is 11.8 Å². The van der Waals surface area contributed by atoms with Crippen molar-refractivity contribution < 1.29 is 9.59 Å². The molecule has 0 aliphatic carbocycles. The summed E-state index contributed by atoms with van der Waals surface area (Å²) < 4.78 is 0. The molecule has 7 heteroatoms. The van der Waals surface area contributed by atoms with Crippen molar-refractivity contribution in [3.05, 3.63) is 23.9 Å². The van der Waals surface area contributed by atoms with E-state index in [1.54, 1.807) is 6.20 Å². The van der Waals surface area contributed by atoms with Gasteiger partial charge in [0.25, 0.3) is 5.91 Å². The second kappa shape index (κ2) is 9.15. The summed E-state index contributed by atoms with van der Waals surface area (Å²) in [4.78, 5) is 37.0. The summed E-state index contributed by atoms with van der Waals surface area (Å²) in [5, 5.41) is 3.13. The van der Waals surface area contributed by atoms with Gasteiger partial charge in [0.1, 0.15) is 5.82 Å². The molecule has 0 spiro atoms. The number of fused-ring (bicyclic) bond motifs is 4. The van der Waals surface area contributed by atoms with Crippen LogP contribution in [-0.4, -0.2) is 78.5 Å². The molecule has 168 valence electrons. The topological polar surface area (TPSA) is 68.8 Å². The molecule has 4 saturated heterocycles. The fourth-order valence-electron chi connectivity index (χ4n) is 6.21. The molecule has 0 aromatic carbocycles. The summed E-state index contributed by atoms with van der Waals surface area (Å²) in [6.07, 6.45) is 9.67. The Balaban J connectivity index is 1.25. The molecule has 5 heterocycles. The molecule has 1 aromatic rings. The monoisotopic (exact) mass is 425 g/mol. The van der Waals surface area contributed by atoms with Gasteiger partial charge in [-0.25, -0.2) is 4.98 Å². The molecule has 0 radical (unpaired) electrons. The van der Waals surface area contributed by atoms with Crippen LogP contribution in [0, 0.1) is 11.8 Å². The molecule has 4 aliphatic rings. The molecule has 1 aromatic heterocycles. The molecule has 4 fully saturated rings. The van der Waals surface area contributed by atoms with Crippen LogP contribution in [0.3, 0.4) is 0 Å². The molecular weight excluding hydrogens is 390 g/mol. The lowest BCUT2D eigenvalue weighted by molar-refractivity contribution is -0.142.